The van der Waals surface area contributed by atoms with Crippen molar-refractivity contribution in [1.29, 1.82) is 0 Å². The molecule has 112 valence electrons. The lowest BCUT2D eigenvalue weighted by Crippen LogP contribution is -2.24. The molecule has 1 aliphatic heterocycles. The van der Waals surface area contributed by atoms with Crippen molar-refractivity contribution in [1.82, 2.24) is 15.0 Å². The fourth-order valence-corrected chi connectivity index (χ4v) is 2.38. The summed E-state index contributed by atoms with van der Waals surface area (Å²) >= 11 is 0. The summed E-state index contributed by atoms with van der Waals surface area (Å²) in [6.45, 7) is 10.5. The molecule has 1 aromatic rings. The SMILES string of the molecule is CNc1nc(OC(C)C)nc(N2CCC(C(C)C)C2)n1. The fraction of sp³-hybridized carbons (Fsp3) is 0.786. The molecule has 1 unspecified atom stereocenters. The van der Waals surface area contributed by atoms with Gasteiger partial charge in [-0.1, -0.05) is 13.8 Å². The Morgan fingerprint density at radius 3 is 2.50 bits per heavy atom. The van der Waals surface area contributed by atoms with Crippen LogP contribution in [-0.2, 0) is 0 Å². The van der Waals surface area contributed by atoms with Gasteiger partial charge in [-0.2, -0.15) is 15.0 Å². The smallest absolute Gasteiger partial charge is 0.323 e. The van der Waals surface area contributed by atoms with E-state index in [1.807, 2.05) is 13.8 Å². The van der Waals surface area contributed by atoms with Crippen LogP contribution in [0.5, 0.6) is 6.01 Å². The van der Waals surface area contributed by atoms with Crippen molar-refractivity contribution < 1.29 is 4.74 Å². The van der Waals surface area contributed by atoms with Crippen LogP contribution in [0.25, 0.3) is 0 Å². The van der Waals surface area contributed by atoms with Crippen LogP contribution in [-0.4, -0.2) is 41.2 Å². The third-order valence-electron chi connectivity index (χ3n) is 3.62. The standard InChI is InChI=1S/C14H25N5O/c1-9(2)11-6-7-19(8-11)13-16-12(15-5)17-14(18-13)20-10(3)4/h9-11H,6-8H2,1-5H3,(H,15,16,17,18). The Morgan fingerprint density at radius 2 is 1.95 bits per heavy atom. The molecular formula is C14H25N5O. The van der Waals surface area contributed by atoms with Gasteiger partial charge < -0.3 is 15.0 Å². The molecule has 1 aliphatic rings. The molecule has 2 heterocycles. The van der Waals surface area contributed by atoms with Gasteiger partial charge in [0.25, 0.3) is 0 Å². The molecule has 0 amide bonds. The third-order valence-corrected chi connectivity index (χ3v) is 3.62. The van der Waals surface area contributed by atoms with Crippen LogP contribution in [0.15, 0.2) is 0 Å². The van der Waals surface area contributed by atoms with Crippen molar-refractivity contribution >= 4 is 11.9 Å². The zero-order valence-corrected chi connectivity index (χ0v) is 13.1. The molecular weight excluding hydrogens is 254 g/mol. The highest BCUT2D eigenvalue weighted by Gasteiger charge is 2.27. The third kappa shape index (κ3) is 3.49. The van der Waals surface area contributed by atoms with Crippen LogP contribution in [0.4, 0.5) is 11.9 Å². The summed E-state index contributed by atoms with van der Waals surface area (Å²) in [5.74, 6) is 2.66. The van der Waals surface area contributed by atoms with E-state index in [4.69, 9.17) is 4.74 Å². The van der Waals surface area contributed by atoms with Gasteiger partial charge in [-0.15, -0.1) is 0 Å². The number of hydrogen-bond acceptors (Lipinski definition) is 6. The van der Waals surface area contributed by atoms with Gasteiger partial charge >= 0.3 is 6.01 Å². The molecule has 0 bridgehead atoms. The summed E-state index contributed by atoms with van der Waals surface area (Å²) in [5, 5.41) is 2.97. The summed E-state index contributed by atoms with van der Waals surface area (Å²) in [6, 6.07) is 0.391. The topological polar surface area (TPSA) is 63.2 Å². The molecule has 20 heavy (non-hydrogen) atoms. The molecule has 1 atom stereocenters. The van der Waals surface area contributed by atoms with Crippen molar-refractivity contribution in [2.75, 3.05) is 30.4 Å². The number of aromatic nitrogens is 3. The van der Waals surface area contributed by atoms with Crippen LogP contribution in [0.3, 0.4) is 0 Å². The monoisotopic (exact) mass is 279 g/mol. The molecule has 0 radical (unpaired) electrons. The summed E-state index contributed by atoms with van der Waals surface area (Å²) in [6.07, 6.45) is 1.25. The maximum absolute atomic E-state index is 5.60. The van der Waals surface area contributed by atoms with E-state index in [0.29, 0.717) is 29.7 Å². The highest BCUT2D eigenvalue weighted by atomic mass is 16.5. The average molecular weight is 279 g/mol. The predicted octanol–water partition coefficient (Wildman–Crippen LogP) is 2.18. The van der Waals surface area contributed by atoms with E-state index in [1.54, 1.807) is 7.05 Å². The van der Waals surface area contributed by atoms with Crippen LogP contribution >= 0.6 is 0 Å². The Bertz CT molecular complexity index is 449. The van der Waals surface area contributed by atoms with Gasteiger partial charge in [0.15, 0.2) is 0 Å². The minimum absolute atomic E-state index is 0.0527. The van der Waals surface area contributed by atoms with E-state index >= 15 is 0 Å². The number of anilines is 2. The van der Waals surface area contributed by atoms with Crippen molar-refractivity contribution in [2.45, 2.75) is 40.2 Å². The Labute approximate surface area is 121 Å². The minimum atomic E-state index is 0.0527. The van der Waals surface area contributed by atoms with Crippen LogP contribution in [0, 0.1) is 11.8 Å². The van der Waals surface area contributed by atoms with E-state index in [-0.39, 0.29) is 6.10 Å². The number of nitrogens with one attached hydrogen (secondary N) is 1. The number of nitrogens with zero attached hydrogens (tertiary/aromatic N) is 4. The quantitative estimate of drug-likeness (QED) is 0.891. The van der Waals surface area contributed by atoms with Gasteiger partial charge in [-0.05, 0) is 32.1 Å². The summed E-state index contributed by atoms with van der Waals surface area (Å²) in [5.41, 5.74) is 0. The second-order valence-electron chi connectivity index (χ2n) is 5.90. The van der Waals surface area contributed by atoms with Gasteiger partial charge in [0.1, 0.15) is 0 Å². The second kappa shape index (κ2) is 6.24. The van der Waals surface area contributed by atoms with E-state index in [9.17, 15) is 0 Å². The average Bonchev–Trinajstić information content (AvgIpc) is 2.87. The zero-order chi connectivity index (χ0) is 14.7. The lowest BCUT2D eigenvalue weighted by molar-refractivity contribution is 0.222. The first-order valence-electron chi connectivity index (χ1n) is 7.35. The minimum Gasteiger partial charge on any atom is -0.461 e. The second-order valence-corrected chi connectivity index (χ2v) is 5.90. The first-order valence-corrected chi connectivity index (χ1v) is 7.35. The van der Waals surface area contributed by atoms with Crippen molar-refractivity contribution in [2.24, 2.45) is 11.8 Å². The molecule has 1 saturated heterocycles. The highest BCUT2D eigenvalue weighted by Crippen LogP contribution is 2.27. The number of rotatable bonds is 5. The molecule has 0 aliphatic carbocycles. The molecule has 6 heteroatoms. The molecule has 0 saturated carbocycles. The Morgan fingerprint density at radius 1 is 1.20 bits per heavy atom. The molecule has 0 aromatic carbocycles. The number of ether oxygens (including phenoxy) is 1. The number of hydrogen-bond donors (Lipinski definition) is 1. The molecule has 2 rings (SSSR count). The Balaban J connectivity index is 2.18. The van der Waals surface area contributed by atoms with E-state index < -0.39 is 0 Å². The maximum atomic E-state index is 5.60. The van der Waals surface area contributed by atoms with Gasteiger partial charge in [-0.3, -0.25) is 0 Å². The van der Waals surface area contributed by atoms with Gasteiger partial charge in [0.05, 0.1) is 6.10 Å². The molecule has 1 N–H and O–H groups in total. The highest BCUT2D eigenvalue weighted by molar-refractivity contribution is 5.39. The van der Waals surface area contributed by atoms with Crippen molar-refractivity contribution in [3.63, 3.8) is 0 Å². The van der Waals surface area contributed by atoms with Crippen molar-refractivity contribution in [3.05, 3.63) is 0 Å². The summed E-state index contributed by atoms with van der Waals surface area (Å²) in [4.78, 5) is 15.3. The van der Waals surface area contributed by atoms with Gasteiger partial charge in [0.2, 0.25) is 11.9 Å². The largest absolute Gasteiger partial charge is 0.461 e. The molecule has 6 nitrogen and oxygen atoms in total. The molecule has 1 fully saturated rings. The lowest BCUT2D eigenvalue weighted by atomic mass is 9.95. The van der Waals surface area contributed by atoms with Gasteiger partial charge in [-0.25, -0.2) is 0 Å². The predicted molar refractivity (Wildman–Crippen MR) is 80.3 cm³/mol. The Hall–Kier alpha value is -1.59. The van der Waals surface area contributed by atoms with Crippen LogP contribution in [0.1, 0.15) is 34.1 Å². The van der Waals surface area contributed by atoms with Gasteiger partial charge in [0, 0.05) is 20.1 Å². The first-order chi connectivity index (χ1) is 9.49. The van der Waals surface area contributed by atoms with E-state index in [0.717, 1.165) is 13.1 Å². The maximum Gasteiger partial charge on any atom is 0.323 e. The van der Waals surface area contributed by atoms with E-state index in [1.165, 1.54) is 6.42 Å². The fourth-order valence-electron chi connectivity index (χ4n) is 2.38. The summed E-state index contributed by atoms with van der Waals surface area (Å²) in [7, 11) is 1.80. The van der Waals surface area contributed by atoms with E-state index in [2.05, 4.69) is 39.0 Å². The molecule has 1 aromatic heterocycles. The first kappa shape index (κ1) is 14.8. The van der Waals surface area contributed by atoms with Crippen LogP contribution < -0.4 is 15.0 Å². The molecule has 0 spiro atoms. The van der Waals surface area contributed by atoms with Crippen LogP contribution in [0.2, 0.25) is 0 Å². The summed E-state index contributed by atoms with van der Waals surface area (Å²) < 4.78 is 5.60. The lowest BCUT2D eigenvalue weighted by Gasteiger charge is -2.19. The Kier molecular flexibility index (Phi) is 4.62. The zero-order valence-electron chi connectivity index (χ0n) is 13.1. The van der Waals surface area contributed by atoms with Crippen molar-refractivity contribution in [3.8, 4) is 6.01 Å². The normalized spacial score (nSPS) is 18.9.